The van der Waals surface area contributed by atoms with Crippen LogP contribution in [0.3, 0.4) is 0 Å². The molecule has 0 fully saturated rings. The fraction of sp³-hybridized carbons (Fsp3) is 0.513. The molecule has 0 aliphatic heterocycles. The van der Waals surface area contributed by atoms with Gasteiger partial charge in [0.25, 0.3) is 0 Å². The second-order valence-electron chi connectivity index (χ2n) is 14.2. The Morgan fingerprint density at radius 1 is 0.800 bits per heavy atom. The number of benzene rings is 2. The lowest BCUT2D eigenvalue weighted by atomic mass is 9.71. The molecular formula is C39H55BClN4O9P. The Morgan fingerprint density at radius 3 is 1.95 bits per heavy atom. The summed E-state index contributed by atoms with van der Waals surface area (Å²) in [7, 11) is 0.383. The largest absolute Gasteiger partial charge is 0.454 e. The lowest BCUT2D eigenvalue weighted by molar-refractivity contribution is -0.136. The van der Waals surface area contributed by atoms with Crippen molar-refractivity contribution in [2.45, 2.75) is 109 Å². The zero-order valence-electron chi connectivity index (χ0n) is 31.8. The minimum absolute atomic E-state index is 0.0290. The molecule has 2 aromatic carbocycles. The van der Waals surface area contributed by atoms with E-state index in [0.29, 0.717) is 36.4 Å². The van der Waals surface area contributed by atoms with Crippen molar-refractivity contribution in [3.05, 3.63) is 59.1 Å². The number of carbonyl (C=O) groups excluding carboxylic acids is 6. The molecule has 7 atom stereocenters. The van der Waals surface area contributed by atoms with Crippen molar-refractivity contribution in [3.8, 4) is 11.1 Å². The molecule has 16 heteroatoms. The molecule has 0 heterocycles. The SMILES string of the molecule is CC(O)[C@H](NC(=O)[C@H](CCCCN)CC(=O)CCCC(=O)c1ccc(-c2ccc(Cl)cc2)cc1)C(=O)C[C@@H](C)C(=O)N[C@@H](CC(=N)P)C(=O)C[C@@H](C)B(O)O. The second kappa shape index (κ2) is 24.1. The van der Waals surface area contributed by atoms with E-state index >= 15 is 0 Å². The van der Waals surface area contributed by atoms with Gasteiger partial charge in [0.15, 0.2) is 17.3 Å². The molecule has 2 unspecified atom stereocenters. The standard InChI is InChI=1S/C39H55BClN4O9P/c1-23(38(51)44-32(22-36(43)55)34(49)20-24(2)40(53)54)19-35(50)37(25(3)46)45-39(52)29(7-4-5-18-42)21-31(47)8-6-9-33(48)28-12-10-26(11-13-28)27-14-16-30(41)17-15-27/h10-17,23-25,29,32,37,43,46,53-54H,4-9,18-22,42,55H2,1-3H3,(H,44,51)(H,45,52)/t23-,24-,25?,29-,32+,37+/m1/s1. The highest BCUT2D eigenvalue weighted by Gasteiger charge is 2.33. The Bertz CT molecular complexity index is 1630. The van der Waals surface area contributed by atoms with E-state index in [2.05, 4.69) is 19.9 Å². The van der Waals surface area contributed by atoms with Gasteiger partial charge < -0.3 is 36.9 Å². The van der Waals surface area contributed by atoms with Crippen LogP contribution in [0.25, 0.3) is 11.1 Å². The summed E-state index contributed by atoms with van der Waals surface area (Å²) < 4.78 is 0. The van der Waals surface area contributed by atoms with Crippen molar-refractivity contribution in [1.82, 2.24) is 10.6 Å². The number of Topliss-reactive ketones (excluding diaryl/α,β-unsaturated/α-hetero) is 4. The van der Waals surface area contributed by atoms with Crippen molar-refractivity contribution in [1.29, 1.82) is 5.41 Å². The highest BCUT2D eigenvalue weighted by atomic mass is 35.5. The molecule has 0 aliphatic carbocycles. The number of hydrogen-bond donors (Lipinski definition) is 7. The van der Waals surface area contributed by atoms with Gasteiger partial charge in [0, 0.05) is 66.4 Å². The number of amides is 2. The van der Waals surface area contributed by atoms with Crippen LogP contribution in [0.15, 0.2) is 48.5 Å². The van der Waals surface area contributed by atoms with E-state index in [4.69, 9.17) is 22.7 Å². The maximum absolute atomic E-state index is 13.5. The number of ketones is 4. The number of nitrogens with one attached hydrogen (secondary N) is 3. The third-order valence-electron chi connectivity index (χ3n) is 9.34. The van der Waals surface area contributed by atoms with Crippen LogP contribution in [0, 0.1) is 17.2 Å². The number of halogens is 1. The van der Waals surface area contributed by atoms with Crippen molar-refractivity contribution in [2.75, 3.05) is 6.54 Å². The van der Waals surface area contributed by atoms with Crippen LogP contribution in [0.1, 0.15) is 95.3 Å². The van der Waals surface area contributed by atoms with Crippen molar-refractivity contribution >= 4 is 68.4 Å². The zero-order valence-corrected chi connectivity index (χ0v) is 33.7. The van der Waals surface area contributed by atoms with Crippen molar-refractivity contribution in [3.63, 3.8) is 0 Å². The van der Waals surface area contributed by atoms with E-state index in [1.165, 1.54) is 20.8 Å². The van der Waals surface area contributed by atoms with Gasteiger partial charge >= 0.3 is 7.12 Å². The van der Waals surface area contributed by atoms with E-state index in [1.54, 1.807) is 24.3 Å². The summed E-state index contributed by atoms with van der Waals surface area (Å²) in [5.74, 6) is -5.41. The molecule has 0 bridgehead atoms. The van der Waals surface area contributed by atoms with Gasteiger partial charge in [0.05, 0.1) is 12.1 Å². The molecule has 8 N–H and O–H groups in total. The molecule has 2 rings (SSSR count). The predicted molar refractivity (Wildman–Crippen MR) is 217 cm³/mol. The second-order valence-corrected chi connectivity index (χ2v) is 15.4. The third kappa shape index (κ3) is 16.9. The maximum Gasteiger partial charge on any atom is 0.454 e. The molecule has 0 saturated carbocycles. The van der Waals surface area contributed by atoms with Crippen LogP contribution < -0.4 is 16.4 Å². The Kier molecular flexibility index (Phi) is 20.8. The van der Waals surface area contributed by atoms with Gasteiger partial charge in [-0.2, -0.15) is 0 Å². The average molecular weight is 801 g/mol. The number of rotatable bonds is 26. The molecule has 55 heavy (non-hydrogen) atoms. The van der Waals surface area contributed by atoms with E-state index in [-0.39, 0.29) is 55.5 Å². The molecule has 0 saturated heterocycles. The molecule has 13 nitrogen and oxygen atoms in total. The fourth-order valence-corrected chi connectivity index (χ4v) is 6.29. The molecule has 2 aromatic rings. The Hall–Kier alpha value is -3.65. The first kappa shape index (κ1) is 47.5. The minimum atomic E-state index is -1.74. The molecular weight excluding hydrogens is 746 g/mol. The quantitative estimate of drug-likeness (QED) is 0.0237. The smallest absolute Gasteiger partial charge is 0.427 e. The van der Waals surface area contributed by atoms with E-state index < -0.39 is 72.8 Å². The molecule has 2 amide bonds. The van der Waals surface area contributed by atoms with Crippen LogP contribution in [0.2, 0.25) is 10.8 Å². The number of aliphatic hydroxyl groups is 1. The number of carbonyl (C=O) groups is 6. The Balaban J connectivity index is 2.00. The zero-order chi connectivity index (χ0) is 41.2. The highest BCUT2D eigenvalue weighted by Crippen LogP contribution is 2.23. The van der Waals surface area contributed by atoms with E-state index in [1.807, 2.05) is 24.3 Å². The third-order valence-corrected chi connectivity index (χ3v) is 9.83. The summed E-state index contributed by atoms with van der Waals surface area (Å²) in [6.45, 7) is 4.59. The number of unbranched alkanes of at least 4 members (excludes halogenated alkanes) is 1. The van der Waals surface area contributed by atoms with Gasteiger partial charge in [-0.05, 0) is 61.8 Å². The maximum atomic E-state index is 13.5. The molecule has 300 valence electrons. The predicted octanol–water partition coefficient (Wildman–Crippen LogP) is 4.07. The Morgan fingerprint density at radius 2 is 1.40 bits per heavy atom. The van der Waals surface area contributed by atoms with Crippen LogP contribution >= 0.6 is 20.8 Å². The van der Waals surface area contributed by atoms with Crippen LogP contribution in [0.4, 0.5) is 0 Å². The highest BCUT2D eigenvalue weighted by molar-refractivity contribution is 7.40. The minimum Gasteiger partial charge on any atom is -0.427 e. The molecule has 0 aliphatic rings. The van der Waals surface area contributed by atoms with Gasteiger partial charge in [0.1, 0.15) is 11.8 Å². The van der Waals surface area contributed by atoms with Crippen LogP contribution in [-0.4, -0.2) is 87.4 Å². The summed E-state index contributed by atoms with van der Waals surface area (Å²) >= 11 is 5.97. The summed E-state index contributed by atoms with van der Waals surface area (Å²) in [6.07, 6.45) is -0.331. The molecule has 0 spiro atoms. The summed E-state index contributed by atoms with van der Waals surface area (Å²) in [4.78, 5) is 78.6. The monoisotopic (exact) mass is 800 g/mol. The first-order chi connectivity index (χ1) is 25.9. The molecule has 0 aromatic heterocycles. The number of nitrogens with two attached hydrogens (primary N) is 1. The van der Waals surface area contributed by atoms with Crippen molar-refractivity contribution in [2.24, 2.45) is 17.6 Å². The van der Waals surface area contributed by atoms with Gasteiger partial charge in [-0.1, -0.05) is 77.5 Å². The normalized spacial score (nSPS) is 14.4. The van der Waals surface area contributed by atoms with Crippen LogP contribution in [0.5, 0.6) is 0 Å². The lowest BCUT2D eigenvalue weighted by Crippen LogP contribution is -2.51. The first-order valence-electron chi connectivity index (χ1n) is 18.6. The van der Waals surface area contributed by atoms with Gasteiger partial charge in [0.2, 0.25) is 11.8 Å². The number of hydrogen-bond acceptors (Lipinski definition) is 11. The lowest BCUT2D eigenvalue weighted by Gasteiger charge is -2.25. The average Bonchev–Trinajstić information content (AvgIpc) is 3.12. The molecule has 0 radical (unpaired) electrons. The first-order valence-corrected chi connectivity index (χ1v) is 19.5. The number of aliphatic hydroxyl groups excluding tert-OH is 1. The summed E-state index contributed by atoms with van der Waals surface area (Å²) in [5.41, 5.74) is 8.09. The van der Waals surface area contributed by atoms with E-state index in [0.717, 1.165) is 11.1 Å². The topological polar surface area (TPSA) is 237 Å². The van der Waals surface area contributed by atoms with Crippen molar-refractivity contribution < 1.29 is 43.9 Å². The summed E-state index contributed by atoms with van der Waals surface area (Å²) in [5, 5.41) is 42.7. The van der Waals surface area contributed by atoms with E-state index in [9.17, 15) is 43.9 Å². The van der Waals surface area contributed by atoms with Gasteiger partial charge in [-0.15, -0.1) is 0 Å². The fourth-order valence-electron chi connectivity index (χ4n) is 5.93. The van der Waals surface area contributed by atoms with Gasteiger partial charge in [-0.25, -0.2) is 0 Å². The van der Waals surface area contributed by atoms with Gasteiger partial charge in [-0.3, -0.25) is 28.8 Å². The van der Waals surface area contributed by atoms with Crippen LogP contribution in [-0.2, 0) is 24.0 Å². The summed E-state index contributed by atoms with van der Waals surface area (Å²) in [6, 6.07) is 12.0. The Labute approximate surface area is 330 Å².